The predicted octanol–water partition coefficient (Wildman–Crippen LogP) is 4.30. The Bertz CT molecular complexity index is 1400. The van der Waals surface area contributed by atoms with E-state index in [1.54, 1.807) is 18.6 Å². The van der Waals surface area contributed by atoms with E-state index in [-0.39, 0.29) is 0 Å². The van der Waals surface area contributed by atoms with Crippen molar-refractivity contribution in [3.8, 4) is 11.5 Å². The van der Waals surface area contributed by atoms with Crippen molar-refractivity contribution in [3.63, 3.8) is 0 Å². The minimum Gasteiger partial charge on any atom is -0.591 e. The second kappa shape index (κ2) is 9.16. The summed E-state index contributed by atoms with van der Waals surface area (Å²) in [5.74, 6) is 1.26. The first-order valence-electron chi connectivity index (χ1n) is 11.9. The van der Waals surface area contributed by atoms with Crippen LogP contribution < -0.4 is 4.90 Å². The van der Waals surface area contributed by atoms with Crippen LogP contribution in [0.15, 0.2) is 35.1 Å². The van der Waals surface area contributed by atoms with Gasteiger partial charge in [0.1, 0.15) is 21.8 Å². The van der Waals surface area contributed by atoms with Gasteiger partial charge in [0.2, 0.25) is 11.8 Å². The Morgan fingerprint density at radius 1 is 1.09 bits per heavy atom. The van der Waals surface area contributed by atoms with Crippen molar-refractivity contribution in [1.29, 1.82) is 0 Å². The van der Waals surface area contributed by atoms with Gasteiger partial charge in [0.25, 0.3) is 0 Å². The van der Waals surface area contributed by atoms with Crippen LogP contribution >= 0.6 is 0 Å². The minimum atomic E-state index is -1.37. The molecule has 0 bridgehead atoms. The van der Waals surface area contributed by atoms with E-state index < -0.39 is 16.1 Å². The number of piperidine rings is 1. The zero-order valence-electron chi connectivity index (χ0n) is 20.8. The summed E-state index contributed by atoms with van der Waals surface area (Å²) in [4.78, 5) is 20.9. The number of nitrogens with zero attached hydrogens (tertiary/aromatic N) is 8. The van der Waals surface area contributed by atoms with Crippen molar-refractivity contribution in [2.45, 2.75) is 58.6 Å². The molecule has 1 atom stereocenters. The standard InChI is InChI=1S/C25H30N8OS/c1-16-13-18(17(2)31-35(34)25(3,4)5)21-19(14-16)23-29-22(20-15-26-9-10-27-20)30-33(23)24(28-21)32-11-7-6-8-12-32/h9-10,13-15H,6-8,11-12H2,1-5H3. The Kier molecular flexibility index (Phi) is 6.18. The van der Waals surface area contributed by atoms with Crippen LogP contribution in [0.4, 0.5) is 5.95 Å². The molecule has 0 spiro atoms. The summed E-state index contributed by atoms with van der Waals surface area (Å²) >= 11 is -1.37. The third kappa shape index (κ3) is 4.60. The Morgan fingerprint density at radius 2 is 1.86 bits per heavy atom. The topological polar surface area (TPSA) is 108 Å². The third-order valence-electron chi connectivity index (χ3n) is 6.07. The van der Waals surface area contributed by atoms with E-state index in [1.807, 2.05) is 39.1 Å². The molecule has 1 aromatic carbocycles. The maximum Gasteiger partial charge on any atom is 0.229 e. The van der Waals surface area contributed by atoms with Crippen LogP contribution in [0.1, 0.15) is 58.1 Å². The molecule has 1 fully saturated rings. The second-order valence-electron chi connectivity index (χ2n) is 9.97. The summed E-state index contributed by atoms with van der Waals surface area (Å²) in [6.07, 6.45) is 8.37. The molecule has 35 heavy (non-hydrogen) atoms. The first-order chi connectivity index (χ1) is 16.7. The summed E-state index contributed by atoms with van der Waals surface area (Å²) in [5, 5.41) is 5.69. The molecule has 9 nitrogen and oxygen atoms in total. The molecule has 0 radical (unpaired) electrons. The van der Waals surface area contributed by atoms with E-state index >= 15 is 0 Å². The van der Waals surface area contributed by atoms with Crippen molar-refractivity contribution in [2.24, 2.45) is 4.40 Å². The maximum absolute atomic E-state index is 12.8. The Hall–Kier alpha value is -3.11. The average molecular weight is 491 g/mol. The molecule has 3 aromatic heterocycles. The van der Waals surface area contributed by atoms with Crippen LogP contribution in [0.5, 0.6) is 0 Å². The number of anilines is 1. The van der Waals surface area contributed by atoms with Crippen molar-refractivity contribution in [2.75, 3.05) is 18.0 Å². The molecule has 1 aliphatic heterocycles. The number of hydrogen-bond donors (Lipinski definition) is 0. The molecule has 5 rings (SSSR count). The van der Waals surface area contributed by atoms with Gasteiger partial charge in [-0.3, -0.25) is 4.98 Å². The molecular weight excluding hydrogens is 460 g/mol. The summed E-state index contributed by atoms with van der Waals surface area (Å²) in [7, 11) is 0. The van der Waals surface area contributed by atoms with Crippen LogP contribution in [-0.4, -0.2) is 57.7 Å². The normalized spacial score (nSPS) is 16.3. The molecule has 1 aliphatic rings. The third-order valence-corrected chi connectivity index (χ3v) is 7.56. The first-order valence-corrected chi connectivity index (χ1v) is 13.0. The molecule has 0 aliphatic carbocycles. The number of benzene rings is 1. The first kappa shape index (κ1) is 23.6. The average Bonchev–Trinajstić information content (AvgIpc) is 3.29. The second-order valence-corrected chi connectivity index (χ2v) is 11.9. The summed E-state index contributed by atoms with van der Waals surface area (Å²) < 4.78 is 18.8. The Labute approximate surface area is 208 Å². The van der Waals surface area contributed by atoms with E-state index in [2.05, 4.69) is 31.4 Å². The number of hydrogen-bond acceptors (Lipinski definition) is 8. The monoisotopic (exact) mass is 490 g/mol. The quantitative estimate of drug-likeness (QED) is 0.310. The highest BCUT2D eigenvalue weighted by atomic mass is 32.2. The molecule has 1 saturated heterocycles. The van der Waals surface area contributed by atoms with Gasteiger partial charge < -0.3 is 9.45 Å². The van der Waals surface area contributed by atoms with Gasteiger partial charge in [0, 0.05) is 36.4 Å². The van der Waals surface area contributed by atoms with E-state index in [9.17, 15) is 4.55 Å². The van der Waals surface area contributed by atoms with Gasteiger partial charge in [0.05, 0.1) is 17.4 Å². The Balaban J connectivity index is 1.78. The number of fused-ring (bicyclic) bond motifs is 3. The van der Waals surface area contributed by atoms with E-state index in [1.165, 1.54) is 6.42 Å². The smallest absolute Gasteiger partial charge is 0.229 e. The van der Waals surface area contributed by atoms with E-state index in [0.717, 1.165) is 53.9 Å². The summed E-state index contributed by atoms with van der Waals surface area (Å²) in [6.45, 7) is 11.5. The van der Waals surface area contributed by atoms with Gasteiger partial charge in [0.15, 0.2) is 5.65 Å². The fraction of sp³-hybridized carbons (Fsp3) is 0.440. The fourth-order valence-electron chi connectivity index (χ4n) is 4.25. The van der Waals surface area contributed by atoms with Crippen molar-refractivity contribution < 1.29 is 4.55 Å². The predicted molar refractivity (Wildman–Crippen MR) is 140 cm³/mol. The summed E-state index contributed by atoms with van der Waals surface area (Å²) in [6, 6.07) is 4.13. The number of rotatable bonds is 4. The van der Waals surface area contributed by atoms with Gasteiger partial charge >= 0.3 is 0 Å². The van der Waals surface area contributed by atoms with Crippen LogP contribution in [0.3, 0.4) is 0 Å². The highest BCUT2D eigenvalue weighted by Gasteiger charge is 2.28. The van der Waals surface area contributed by atoms with E-state index in [0.29, 0.717) is 22.9 Å². The maximum atomic E-state index is 12.8. The lowest BCUT2D eigenvalue weighted by Crippen LogP contribution is -2.32. The lowest BCUT2D eigenvalue weighted by Gasteiger charge is -2.28. The van der Waals surface area contributed by atoms with Crippen molar-refractivity contribution in [3.05, 3.63) is 41.9 Å². The number of aryl methyl sites for hydroxylation is 1. The number of aromatic nitrogens is 6. The molecular formula is C25H30N8OS. The fourth-order valence-corrected chi connectivity index (χ4v) is 4.87. The van der Waals surface area contributed by atoms with Gasteiger partial charge in [-0.25, -0.2) is 15.0 Å². The van der Waals surface area contributed by atoms with Gasteiger partial charge in [-0.2, -0.15) is 4.52 Å². The zero-order valence-corrected chi connectivity index (χ0v) is 21.6. The largest absolute Gasteiger partial charge is 0.591 e. The van der Waals surface area contributed by atoms with Crippen molar-refractivity contribution in [1.82, 2.24) is 29.5 Å². The minimum absolute atomic E-state index is 0.445. The zero-order chi connectivity index (χ0) is 24.7. The van der Waals surface area contributed by atoms with Gasteiger partial charge in [-0.15, -0.1) is 5.10 Å². The van der Waals surface area contributed by atoms with Crippen LogP contribution in [0.25, 0.3) is 28.1 Å². The highest BCUT2D eigenvalue weighted by molar-refractivity contribution is 7.91. The molecule has 0 saturated carbocycles. The summed E-state index contributed by atoms with van der Waals surface area (Å²) in [5.41, 5.74) is 4.71. The van der Waals surface area contributed by atoms with Crippen LogP contribution in [-0.2, 0) is 11.4 Å². The molecule has 182 valence electrons. The highest BCUT2D eigenvalue weighted by Crippen LogP contribution is 2.30. The van der Waals surface area contributed by atoms with Gasteiger partial charge in [-0.05, 0) is 71.6 Å². The van der Waals surface area contributed by atoms with E-state index in [4.69, 9.17) is 15.1 Å². The van der Waals surface area contributed by atoms with Crippen LogP contribution in [0, 0.1) is 6.92 Å². The Morgan fingerprint density at radius 3 is 2.54 bits per heavy atom. The lowest BCUT2D eigenvalue weighted by molar-refractivity contribution is 0.561. The lowest BCUT2D eigenvalue weighted by atomic mass is 10.0. The van der Waals surface area contributed by atoms with Crippen molar-refractivity contribution >= 4 is 39.6 Å². The molecule has 4 aromatic rings. The van der Waals surface area contributed by atoms with Gasteiger partial charge in [-0.1, -0.05) is 4.40 Å². The molecule has 10 heteroatoms. The molecule has 1 unspecified atom stereocenters. The molecule has 0 N–H and O–H groups in total. The molecule has 4 heterocycles. The SMILES string of the molecule is CC(=N[S+]([O-])C(C)(C)C)c1cc(C)cc2c1nc(N1CCCCC1)n1nc(-c3cnccn3)nc21. The van der Waals surface area contributed by atoms with Crippen LogP contribution in [0.2, 0.25) is 0 Å². The molecule has 0 amide bonds.